The second-order valence-corrected chi connectivity index (χ2v) is 6.89. The summed E-state index contributed by atoms with van der Waals surface area (Å²) < 4.78 is 6.15. The minimum absolute atomic E-state index is 0.0754. The van der Waals surface area contributed by atoms with Crippen LogP contribution in [-0.4, -0.2) is 27.2 Å². The average molecular weight is 339 g/mol. The molecule has 0 aliphatic carbocycles. The maximum atomic E-state index is 12.5. The van der Waals surface area contributed by atoms with Gasteiger partial charge in [-0.2, -0.15) is 0 Å². The molecule has 0 fully saturated rings. The van der Waals surface area contributed by atoms with Crippen LogP contribution in [0.4, 0.5) is 0 Å². The smallest absolute Gasteiger partial charge is 0.345 e. The number of esters is 1. The third kappa shape index (κ3) is 3.20. The second-order valence-electron chi connectivity index (χ2n) is 6.89. The van der Waals surface area contributed by atoms with Gasteiger partial charge in [0.1, 0.15) is 5.56 Å². The molecule has 0 amide bonds. The lowest BCUT2D eigenvalue weighted by molar-refractivity contribution is 0.0523. The van der Waals surface area contributed by atoms with Gasteiger partial charge in [0.05, 0.1) is 12.3 Å². The van der Waals surface area contributed by atoms with Crippen molar-refractivity contribution in [2.24, 2.45) is 0 Å². The van der Waals surface area contributed by atoms with Crippen LogP contribution in [0.1, 0.15) is 43.6 Å². The van der Waals surface area contributed by atoms with Crippen molar-refractivity contribution in [2.75, 3.05) is 6.61 Å². The molecule has 0 atom stereocenters. The number of aromatic amines is 1. The van der Waals surface area contributed by atoms with Crippen molar-refractivity contribution in [2.45, 2.75) is 33.1 Å². The van der Waals surface area contributed by atoms with Gasteiger partial charge in [-0.3, -0.25) is 9.89 Å². The van der Waals surface area contributed by atoms with E-state index in [2.05, 4.69) is 43.0 Å². The molecule has 130 valence electrons. The van der Waals surface area contributed by atoms with Crippen molar-refractivity contribution >= 4 is 11.6 Å². The van der Waals surface area contributed by atoms with E-state index in [-0.39, 0.29) is 17.6 Å². The molecule has 0 aliphatic heterocycles. The normalized spacial score (nSPS) is 11.7. The van der Waals surface area contributed by atoms with E-state index in [1.165, 1.54) is 16.3 Å². The van der Waals surface area contributed by atoms with Crippen molar-refractivity contribution in [1.82, 2.24) is 14.6 Å². The van der Waals surface area contributed by atoms with Gasteiger partial charge in [-0.15, -0.1) is 0 Å². The van der Waals surface area contributed by atoms with Crippen LogP contribution < -0.4 is 5.56 Å². The van der Waals surface area contributed by atoms with Gasteiger partial charge in [0.2, 0.25) is 0 Å². The molecule has 1 N–H and O–H groups in total. The minimum Gasteiger partial charge on any atom is -0.462 e. The zero-order chi connectivity index (χ0) is 18.2. The van der Waals surface area contributed by atoms with Gasteiger partial charge in [-0.25, -0.2) is 14.3 Å². The van der Waals surface area contributed by atoms with Crippen LogP contribution in [0.5, 0.6) is 0 Å². The van der Waals surface area contributed by atoms with Gasteiger partial charge >= 0.3 is 5.97 Å². The number of hydrogen-bond donors (Lipinski definition) is 1. The van der Waals surface area contributed by atoms with Crippen LogP contribution in [-0.2, 0) is 10.2 Å². The molecule has 2 heterocycles. The summed E-state index contributed by atoms with van der Waals surface area (Å²) in [6, 6.07) is 9.93. The van der Waals surface area contributed by atoms with E-state index in [9.17, 15) is 9.59 Å². The Morgan fingerprint density at radius 1 is 1.24 bits per heavy atom. The number of aromatic nitrogens is 3. The van der Waals surface area contributed by atoms with E-state index in [1.807, 2.05) is 12.1 Å². The van der Waals surface area contributed by atoms with Crippen LogP contribution >= 0.6 is 0 Å². The highest BCUT2D eigenvalue weighted by Gasteiger charge is 2.17. The van der Waals surface area contributed by atoms with Crippen molar-refractivity contribution in [3.8, 4) is 11.3 Å². The number of nitrogens with one attached hydrogen (secondary N) is 1. The Labute approximate surface area is 145 Å². The third-order valence-corrected chi connectivity index (χ3v) is 4.05. The standard InChI is InChI=1S/C19H21N3O3/c1-5-25-18(24)14-11-20-16-10-15(21-22(16)17(14)23)12-6-8-13(9-7-12)19(2,3)4/h6-11,21H,5H2,1-4H3. The Balaban J connectivity index is 2.03. The number of benzene rings is 1. The highest BCUT2D eigenvalue weighted by atomic mass is 16.5. The SMILES string of the molecule is CCOC(=O)c1cnc2cc(-c3ccc(C(C)(C)C)cc3)[nH]n2c1=O. The molecule has 3 aromatic rings. The number of fused-ring (bicyclic) bond motifs is 1. The highest BCUT2D eigenvalue weighted by Crippen LogP contribution is 2.25. The Kier molecular flexibility index (Phi) is 4.20. The summed E-state index contributed by atoms with van der Waals surface area (Å²) in [4.78, 5) is 28.5. The van der Waals surface area contributed by atoms with Crippen LogP contribution in [0.15, 0.2) is 41.3 Å². The van der Waals surface area contributed by atoms with Crippen LogP contribution in [0.2, 0.25) is 0 Å². The van der Waals surface area contributed by atoms with Crippen LogP contribution in [0.3, 0.4) is 0 Å². The lowest BCUT2D eigenvalue weighted by Crippen LogP contribution is -2.24. The fourth-order valence-electron chi connectivity index (χ4n) is 2.61. The Hall–Kier alpha value is -2.89. The van der Waals surface area contributed by atoms with Crippen molar-refractivity contribution in [1.29, 1.82) is 0 Å². The van der Waals surface area contributed by atoms with Gasteiger partial charge in [0.15, 0.2) is 5.65 Å². The third-order valence-electron chi connectivity index (χ3n) is 4.05. The summed E-state index contributed by atoms with van der Waals surface area (Å²) in [7, 11) is 0. The number of carbonyl (C=O) groups excluding carboxylic acids is 1. The van der Waals surface area contributed by atoms with E-state index in [4.69, 9.17) is 4.74 Å². The molecule has 3 rings (SSSR count). The summed E-state index contributed by atoms with van der Waals surface area (Å²) in [6.45, 7) is 8.37. The van der Waals surface area contributed by atoms with Gasteiger partial charge < -0.3 is 4.74 Å². The number of rotatable bonds is 3. The summed E-state index contributed by atoms with van der Waals surface area (Å²) >= 11 is 0. The van der Waals surface area contributed by atoms with E-state index >= 15 is 0 Å². The molecular weight excluding hydrogens is 318 g/mol. The molecule has 6 nitrogen and oxygen atoms in total. The fraction of sp³-hybridized carbons (Fsp3) is 0.316. The first-order chi connectivity index (χ1) is 11.8. The van der Waals surface area contributed by atoms with Gasteiger partial charge in [0.25, 0.3) is 5.56 Å². The van der Waals surface area contributed by atoms with E-state index < -0.39 is 11.5 Å². The van der Waals surface area contributed by atoms with Crippen molar-refractivity contribution in [3.05, 3.63) is 58.0 Å². The molecule has 0 saturated carbocycles. The zero-order valence-electron chi connectivity index (χ0n) is 14.8. The first kappa shape index (κ1) is 17.0. The molecule has 1 aromatic carbocycles. The number of carbonyl (C=O) groups is 1. The largest absolute Gasteiger partial charge is 0.462 e. The topological polar surface area (TPSA) is 76.5 Å². The molecule has 0 radical (unpaired) electrons. The lowest BCUT2D eigenvalue weighted by atomic mass is 9.86. The van der Waals surface area contributed by atoms with E-state index in [0.29, 0.717) is 5.65 Å². The molecule has 25 heavy (non-hydrogen) atoms. The summed E-state index contributed by atoms with van der Waals surface area (Å²) in [5.74, 6) is -0.667. The minimum atomic E-state index is -0.667. The monoisotopic (exact) mass is 339 g/mol. The quantitative estimate of drug-likeness (QED) is 0.744. The zero-order valence-corrected chi connectivity index (χ0v) is 14.8. The summed E-state index contributed by atoms with van der Waals surface area (Å²) in [5, 5.41) is 3.01. The Morgan fingerprint density at radius 2 is 1.92 bits per heavy atom. The van der Waals surface area contributed by atoms with Gasteiger partial charge in [0, 0.05) is 12.3 Å². The average Bonchev–Trinajstić information content (AvgIpc) is 3.00. The Morgan fingerprint density at radius 3 is 2.52 bits per heavy atom. The van der Waals surface area contributed by atoms with Crippen molar-refractivity contribution in [3.63, 3.8) is 0 Å². The lowest BCUT2D eigenvalue weighted by Gasteiger charge is -2.18. The molecule has 0 aliphatic rings. The molecule has 6 heteroatoms. The fourth-order valence-corrected chi connectivity index (χ4v) is 2.61. The van der Waals surface area contributed by atoms with E-state index in [0.717, 1.165) is 11.3 Å². The number of H-pyrrole nitrogens is 1. The van der Waals surface area contributed by atoms with Crippen molar-refractivity contribution < 1.29 is 9.53 Å². The predicted octanol–water partition coefficient (Wildman–Crippen LogP) is 3.16. The van der Waals surface area contributed by atoms with Crippen LogP contribution in [0, 0.1) is 0 Å². The number of hydrogen-bond acceptors (Lipinski definition) is 4. The maximum Gasteiger partial charge on any atom is 0.345 e. The first-order valence-electron chi connectivity index (χ1n) is 8.20. The molecule has 0 unspecified atom stereocenters. The first-order valence-corrected chi connectivity index (χ1v) is 8.20. The molecule has 0 bridgehead atoms. The second kappa shape index (κ2) is 6.20. The molecular formula is C19H21N3O3. The molecule has 0 spiro atoms. The number of ether oxygens (including phenoxy) is 1. The maximum absolute atomic E-state index is 12.5. The summed E-state index contributed by atoms with van der Waals surface area (Å²) in [6.07, 6.45) is 1.26. The molecule has 0 saturated heterocycles. The number of nitrogens with zero attached hydrogens (tertiary/aromatic N) is 2. The Bertz CT molecular complexity index is 976. The molecule has 2 aromatic heterocycles. The van der Waals surface area contributed by atoms with Crippen LogP contribution in [0.25, 0.3) is 16.9 Å². The van der Waals surface area contributed by atoms with E-state index in [1.54, 1.807) is 13.0 Å². The van der Waals surface area contributed by atoms with Gasteiger partial charge in [-0.05, 0) is 23.5 Å². The van der Waals surface area contributed by atoms with Gasteiger partial charge in [-0.1, -0.05) is 45.0 Å². The summed E-state index contributed by atoms with van der Waals surface area (Å²) in [5.41, 5.74) is 2.89. The predicted molar refractivity (Wildman–Crippen MR) is 95.9 cm³/mol. The highest BCUT2D eigenvalue weighted by molar-refractivity contribution is 5.88.